The second-order valence-corrected chi connectivity index (χ2v) is 5.03. The maximum absolute atomic E-state index is 11.9. The first-order valence-electron chi connectivity index (χ1n) is 6.78. The van der Waals surface area contributed by atoms with Gasteiger partial charge < -0.3 is 10.6 Å². The first kappa shape index (κ1) is 13.6. The zero-order valence-electron chi connectivity index (χ0n) is 11.5. The van der Waals surface area contributed by atoms with Gasteiger partial charge in [0.25, 0.3) is 0 Å². The van der Waals surface area contributed by atoms with Crippen LogP contribution < -0.4 is 10.6 Å². The van der Waals surface area contributed by atoms with E-state index in [0.717, 1.165) is 36.1 Å². The van der Waals surface area contributed by atoms with Crippen LogP contribution in [0.5, 0.6) is 0 Å². The molecule has 1 aliphatic carbocycles. The van der Waals surface area contributed by atoms with Gasteiger partial charge in [0.15, 0.2) is 0 Å². The zero-order chi connectivity index (χ0) is 13.8. The summed E-state index contributed by atoms with van der Waals surface area (Å²) in [5, 5.41) is 5.67. The lowest BCUT2D eigenvalue weighted by molar-refractivity contribution is -0.126. The van der Waals surface area contributed by atoms with Gasteiger partial charge in [0.2, 0.25) is 11.8 Å². The number of hydrogen-bond donors (Lipinski definition) is 2. The van der Waals surface area contributed by atoms with Crippen molar-refractivity contribution in [1.82, 2.24) is 5.32 Å². The molecule has 1 fully saturated rings. The largest absolute Gasteiger partial charge is 0.353 e. The van der Waals surface area contributed by atoms with Crippen LogP contribution in [0.25, 0.3) is 0 Å². The molecule has 1 aromatic rings. The predicted molar refractivity (Wildman–Crippen MR) is 75.0 cm³/mol. The molecule has 0 atom stereocenters. The minimum absolute atomic E-state index is 0.103. The van der Waals surface area contributed by atoms with E-state index in [1.165, 1.54) is 0 Å². The summed E-state index contributed by atoms with van der Waals surface area (Å²) < 4.78 is 0. The molecule has 0 unspecified atom stereocenters. The Balaban J connectivity index is 1.96. The number of hydrogen-bond acceptors (Lipinski definition) is 2. The molecule has 0 spiro atoms. The molecule has 0 aliphatic heterocycles. The van der Waals surface area contributed by atoms with E-state index in [1.807, 2.05) is 32.0 Å². The monoisotopic (exact) mass is 260 g/mol. The lowest BCUT2D eigenvalue weighted by Crippen LogP contribution is -2.29. The molecule has 102 valence electrons. The lowest BCUT2D eigenvalue weighted by Gasteiger charge is -2.12. The Kier molecular flexibility index (Phi) is 4.20. The fraction of sp³-hybridized carbons (Fsp3) is 0.467. The number of para-hydroxylation sites is 1. The van der Waals surface area contributed by atoms with Gasteiger partial charge in [-0.2, -0.15) is 0 Å². The minimum atomic E-state index is -0.248. The average molecular weight is 260 g/mol. The van der Waals surface area contributed by atoms with Crippen molar-refractivity contribution in [2.75, 3.05) is 5.32 Å². The summed E-state index contributed by atoms with van der Waals surface area (Å²) in [5.74, 6) is -0.436. The van der Waals surface area contributed by atoms with Crippen molar-refractivity contribution in [1.29, 1.82) is 0 Å². The Morgan fingerprint density at radius 3 is 2.63 bits per heavy atom. The van der Waals surface area contributed by atoms with Gasteiger partial charge in [0.05, 0.1) is 0 Å². The highest BCUT2D eigenvalue weighted by molar-refractivity contribution is 6.04. The normalized spacial score (nSPS) is 14.0. The Bertz CT molecular complexity index is 493. The SMILES string of the molecule is CCc1cccc(C)c1NC(=O)CC(=O)NC1CC1. The number of nitrogens with one attached hydrogen (secondary N) is 2. The quantitative estimate of drug-likeness (QED) is 0.797. The van der Waals surface area contributed by atoms with E-state index in [1.54, 1.807) is 0 Å². The summed E-state index contributed by atoms with van der Waals surface area (Å²) in [6.07, 6.45) is 2.82. The summed E-state index contributed by atoms with van der Waals surface area (Å²) in [7, 11) is 0. The van der Waals surface area contributed by atoms with Crippen LogP contribution in [0.3, 0.4) is 0 Å². The van der Waals surface area contributed by atoms with Crippen LogP contribution in [0, 0.1) is 6.92 Å². The fourth-order valence-electron chi connectivity index (χ4n) is 2.04. The van der Waals surface area contributed by atoms with E-state index >= 15 is 0 Å². The first-order chi connectivity index (χ1) is 9.10. The third-order valence-electron chi connectivity index (χ3n) is 3.27. The van der Waals surface area contributed by atoms with Crippen molar-refractivity contribution in [2.24, 2.45) is 0 Å². The predicted octanol–water partition coefficient (Wildman–Crippen LogP) is 2.16. The third kappa shape index (κ3) is 3.81. The number of carbonyl (C=O) groups is 2. The van der Waals surface area contributed by atoms with Crippen molar-refractivity contribution >= 4 is 17.5 Å². The maximum Gasteiger partial charge on any atom is 0.233 e. The van der Waals surface area contributed by atoms with Crippen LogP contribution in [0.2, 0.25) is 0 Å². The first-order valence-corrected chi connectivity index (χ1v) is 6.78. The number of amides is 2. The van der Waals surface area contributed by atoms with Crippen LogP contribution in [0.1, 0.15) is 37.3 Å². The average Bonchev–Trinajstić information content (AvgIpc) is 3.15. The summed E-state index contributed by atoms with van der Waals surface area (Å²) >= 11 is 0. The second-order valence-electron chi connectivity index (χ2n) is 5.03. The summed E-state index contributed by atoms with van der Waals surface area (Å²) in [6, 6.07) is 6.22. The number of anilines is 1. The van der Waals surface area contributed by atoms with E-state index < -0.39 is 0 Å². The molecule has 0 radical (unpaired) electrons. The van der Waals surface area contributed by atoms with Crippen LogP contribution in [0.15, 0.2) is 18.2 Å². The summed E-state index contributed by atoms with van der Waals surface area (Å²) in [5.41, 5.74) is 2.96. The Morgan fingerprint density at radius 1 is 1.26 bits per heavy atom. The van der Waals surface area contributed by atoms with E-state index in [9.17, 15) is 9.59 Å². The van der Waals surface area contributed by atoms with Gasteiger partial charge in [0, 0.05) is 11.7 Å². The molecule has 0 aromatic heterocycles. The molecule has 2 amide bonds. The molecule has 2 rings (SSSR count). The van der Waals surface area contributed by atoms with Crippen LogP contribution in [-0.2, 0) is 16.0 Å². The van der Waals surface area contributed by atoms with Crippen molar-refractivity contribution < 1.29 is 9.59 Å². The molecule has 2 N–H and O–H groups in total. The van der Waals surface area contributed by atoms with E-state index in [4.69, 9.17) is 0 Å². The topological polar surface area (TPSA) is 58.2 Å². The molecule has 1 saturated carbocycles. The summed E-state index contributed by atoms with van der Waals surface area (Å²) in [4.78, 5) is 23.4. The molecule has 19 heavy (non-hydrogen) atoms. The van der Waals surface area contributed by atoms with Gasteiger partial charge in [0.1, 0.15) is 6.42 Å². The van der Waals surface area contributed by atoms with Crippen LogP contribution in [-0.4, -0.2) is 17.9 Å². The molecule has 0 saturated heterocycles. The standard InChI is InChI=1S/C15H20N2O2/c1-3-11-6-4-5-10(2)15(11)17-14(19)9-13(18)16-12-7-8-12/h4-6,12H,3,7-9H2,1-2H3,(H,16,18)(H,17,19). The molecule has 1 aliphatic rings. The van der Waals surface area contributed by atoms with Gasteiger partial charge >= 0.3 is 0 Å². The number of benzene rings is 1. The van der Waals surface area contributed by atoms with Crippen molar-refractivity contribution in [3.8, 4) is 0 Å². The highest BCUT2D eigenvalue weighted by atomic mass is 16.2. The zero-order valence-corrected chi connectivity index (χ0v) is 11.5. The Labute approximate surface area is 113 Å². The van der Waals surface area contributed by atoms with E-state index in [-0.39, 0.29) is 18.2 Å². The maximum atomic E-state index is 11.9. The van der Waals surface area contributed by atoms with E-state index in [2.05, 4.69) is 10.6 Å². The second kappa shape index (κ2) is 5.87. The molecule has 0 bridgehead atoms. The number of rotatable bonds is 5. The molecule has 4 nitrogen and oxygen atoms in total. The summed E-state index contributed by atoms with van der Waals surface area (Å²) in [6.45, 7) is 4.00. The fourth-order valence-corrected chi connectivity index (χ4v) is 2.04. The molecular weight excluding hydrogens is 240 g/mol. The van der Waals surface area contributed by atoms with Crippen LogP contribution in [0.4, 0.5) is 5.69 Å². The van der Waals surface area contributed by atoms with Crippen molar-refractivity contribution in [2.45, 2.75) is 45.6 Å². The molecular formula is C15H20N2O2. The number of aryl methyl sites for hydroxylation is 2. The van der Waals surface area contributed by atoms with Crippen molar-refractivity contribution in [3.63, 3.8) is 0 Å². The van der Waals surface area contributed by atoms with Gasteiger partial charge in [-0.15, -0.1) is 0 Å². The highest BCUT2D eigenvalue weighted by Gasteiger charge is 2.24. The molecule has 1 aromatic carbocycles. The van der Waals surface area contributed by atoms with Gasteiger partial charge in [-0.25, -0.2) is 0 Å². The highest BCUT2D eigenvalue weighted by Crippen LogP contribution is 2.21. The molecule has 0 heterocycles. The third-order valence-corrected chi connectivity index (χ3v) is 3.27. The smallest absolute Gasteiger partial charge is 0.233 e. The Hall–Kier alpha value is -1.84. The van der Waals surface area contributed by atoms with E-state index in [0.29, 0.717) is 6.04 Å². The lowest BCUT2D eigenvalue weighted by atomic mass is 10.1. The molecule has 4 heteroatoms. The van der Waals surface area contributed by atoms with Gasteiger partial charge in [-0.05, 0) is 37.3 Å². The Morgan fingerprint density at radius 2 is 2.00 bits per heavy atom. The minimum Gasteiger partial charge on any atom is -0.353 e. The van der Waals surface area contributed by atoms with Crippen LogP contribution >= 0.6 is 0 Å². The number of carbonyl (C=O) groups excluding carboxylic acids is 2. The van der Waals surface area contributed by atoms with Crippen molar-refractivity contribution in [3.05, 3.63) is 29.3 Å². The van der Waals surface area contributed by atoms with Gasteiger partial charge in [-0.1, -0.05) is 25.1 Å². The van der Waals surface area contributed by atoms with Gasteiger partial charge in [-0.3, -0.25) is 9.59 Å².